The first kappa shape index (κ1) is 21.4. The van der Waals surface area contributed by atoms with Crippen molar-refractivity contribution in [2.75, 3.05) is 44.2 Å². The van der Waals surface area contributed by atoms with E-state index in [-0.39, 0.29) is 5.91 Å². The third kappa shape index (κ3) is 4.89. The Labute approximate surface area is 190 Å². The normalized spacial score (nSPS) is 15.0. The van der Waals surface area contributed by atoms with Crippen LogP contribution in [0.5, 0.6) is 0 Å². The van der Waals surface area contributed by atoms with Crippen LogP contribution in [0.25, 0.3) is 10.2 Å². The Balaban J connectivity index is 1.26. The molecule has 2 heterocycles. The van der Waals surface area contributed by atoms with Crippen molar-refractivity contribution in [2.45, 2.75) is 13.3 Å². The van der Waals surface area contributed by atoms with E-state index in [1.807, 2.05) is 0 Å². The number of nitrogens with one attached hydrogen (secondary N) is 1. The number of nitrogens with zero attached hydrogens (tertiary/aromatic N) is 3. The van der Waals surface area contributed by atoms with Gasteiger partial charge in [-0.25, -0.2) is 4.98 Å². The van der Waals surface area contributed by atoms with Crippen molar-refractivity contribution in [3.05, 3.63) is 57.6 Å². The van der Waals surface area contributed by atoms with Crippen LogP contribution in [0.2, 0.25) is 10.0 Å². The van der Waals surface area contributed by atoms with Gasteiger partial charge in [0.25, 0.3) is 5.91 Å². The Morgan fingerprint density at radius 1 is 1.13 bits per heavy atom. The molecule has 8 heteroatoms. The first-order chi connectivity index (χ1) is 14.5. The molecule has 0 bridgehead atoms. The number of amides is 1. The standard InChI is InChI=1S/C22H24Cl2N4OS/c1-2-15-3-6-19-20(13-15)30-22(26-19)28-11-9-27(10-12-28)8-7-25-21(29)17-5-4-16(23)14-18(17)24/h3-6,13-14H,2,7-12H2,1H3,(H,25,29). The number of carbonyl (C=O) groups is 1. The summed E-state index contributed by atoms with van der Waals surface area (Å²) in [5, 5.41) is 4.94. The van der Waals surface area contributed by atoms with Crippen molar-refractivity contribution >= 4 is 55.8 Å². The highest BCUT2D eigenvalue weighted by molar-refractivity contribution is 7.22. The van der Waals surface area contributed by atoms with Crippen LogP contribution in [0.3, 0.4) is 0 Å². The van der Waals surface area contributed by atoms with Gasteiger partial charge < -0.3 is 10.2 Å². The fraction of sp³-hybridized carbons (Fsp3) is 0.364. The molecular formula is C22H24Cl2N4OS. The second-order valence-corrected chi connectivity index (χ2v) is 9.21. The lowest BCUT2D eigenvalue weighted by atomic mass is 10.2. The lowest BCUT2D eigenvalue weighted by Gasteiger charge is -2.34. The molecule has 2 aromatic carbocycles. The molecule has 1 aromatic heterocycles. The number of aromatic nitrogens is 1. The van der Waals surface area contributed by atoms with E-state index in [1.54, 1.807) is 29.5 Å². The van der Waals surface area contributed by atoms with Gasteiger partial charge in [0.1, 0.15) is 0 Å². The summed E-state index contributed by atoms with van der Waals surface area (Å²) in [6.45, 7) is 7.36. The van der Waals surface area contributed by atoms with Crippen LogP contribution >= 0.6 is 34.5 Å². The summed E-state index contributed by atoms with van der Waals surface area (Å²) in [4.78, 5) is 21.9. The van der Waals surface area contributed by atoms with Crippen LogP contribution < -0.4 is 10.2 Å². The van der Waals surface area contributed by atoms with E-state index in [9.17, 15) is 4.79 Å². The van der Waals surface area contributed by atoms with Gasteiger partial charge in [0, 0.05) is 44.3 Å². The number of halogens is 2. The lowest BCUT2D eigenvalue weighted by molar-refractivity contribution is 0.0948. The maximum Gasteiger partial charge on any atom is 0.252 e. The summed E-state index contributed by atoms with van der Waals surface area (Å²) in [6, 6.07) is 11.5. The zero-order valence-corrected chi connectivity index (χ0v) is 19.2. The number of piperazine rings is 1. The second kappa shape index (κ2) is 9.52. The molecule has 0 spiro atoms. The van der Waals surface area contributed by atoms with E-state index in [0.29, 0.717) is 22.2 Å². The highest BCUT2D eigenvalue weighted by atomic mass is 35.5. The zero-order valence-electron chi connectivity index (χ0n) is 16.8. The molecular weight excluding hydrogens is 439 g/mol. The number of thiazole rings is 1. The van der Waals surface area contributed by atoms with Crippen molar-refractivity contribution < 1.29 is 4.79 Å². The van der Waals surface area contributed by atoms with Crippen molar-refractivity contribution in [1.82, 2.24) is 15.2 Å². The molecule has 0 atom stereocenters. The van der Waals surface area contributed by atoms with Gasteiger partial charge >= 0.3 is 0 Å². The topological polar surface area (TPSA) is 48.5 Å². The number of hydrogen-bond acceptors (Lipinski definition) is 5. The monoisotopic (exact) mass is 462 g/mol. The van der Waals surface area contributed by atoms with Crippen LogP contribution in [0, 0.1) is 0 Å². The van der Waals surface area contributed by atoms with E-state index in [1.165, 1.54) is 10.3 Å². The van der Waals surface area contributed by atoms with Gasteiger partial charge in [-0.3, -0.25) is 9.69 Å². The summed E-state index contributed by atoms with van der Waals surface area (Å²) in [5.41, 5.74) is 2.88. The Hall–Kier alpha value is -1.86. The molecule has 0 aliphatic carbocycles. The fourth-order valence-electron chi connectivity index (χ4n) is 3.57. The molecule has 1 fully saturated rings. The number of hydrogen-bond donors (Lipinski definition) is 1. The van der Waals surface area contributed by atoms with Crippen LogP contribution in [0.1, 0.15) is 22.8 Å². The predicted molar refractivity (Wildman–Crippen MR) is 126 cm³/mol. The van der Waals surface area contributed by atoms with Gasteiger partial charge in [0.15, 0.2) is 5.13 Å². The van der Waals surface area contributed by atoms with Crippen LogP contribution in [0.4, 0.5) is 5.13 Å². The first-order valence-corrected chi connectivity index (χ1v) is 11.7. The smallest absolute Gasteiger partial charge is 0.252 e. The van der Waals surface area contributed by atoms with Crippen molar-refractivity contribution in [3.63, 3.8) is 0 Å². The molecule has 0 radical (unpaired) electrons. The average molecular weight is 463 g/mol. The molecule has 158 valence electrons. The molecule has 1 saturated heterocycles. The molecule has 1 aliphatic rings. The quantitative estimate of drug-likeness (QED) is 0.575. The molecule has 1 aliphatic heterocycles. The fourth-order valence-corrected chi connectivity index (χ4v) is 5.15. The van der Waals surface area contributed by atoms with Gasteiger partial charge in [-0.05, 0) is 42.3 Å². The van der Waals surface area contributed by atoms with Crippen LogP contribution in [0.15, 0.2) is 36.4 Å². The first-order valence-electron chi connectivity index (χ1n) is 10.1. The predicted octanol–water partition coefficient (Wildman–Crippen LogP) is 4.72. The molecule has 1 amide bonds. The number of aryl methyl sites for hydroxylation is 1. The minimum Gasteiger partial charge on any atom is -0.351 e. The molecule has 0 unspecified atom stereocenters. The largest absolute Gasteiger partial charge is 0.351 e. The second-order valence-electron chi connectivity index (χ2n) is 7.36. The van der Waals surface area contributed by atoms with Crippen molar-refractivity contribution in [1.29, 1.82) is 0 Å². The third-order valence-corrected chi connectivity index (χ3v) is 7.01. The van der Waals surface area contributed by atoms with Gasteiger partial charge in [0.2, 0.25) is 0 Å². The number of fused-ring (bicyclic) bond motifs is 1. The molecule has 4 rings (SSSR count). The van der Waals surface area contributed by atoms with Gasteiger partial charge in [-0.15, -0.1) is 0 Å². The maximum absolute atomic E-state index is 12.3. The van der Waals surface area contributed by atoms with Crippen molar-refractivity contribution in [2.24, 2.45) is 0 Å². The summed E-state index contributed by atoms with van der Waals surface area (Å²) in [7, 11) is 0. The minimum atomic E-state index is -0.170. The Kier molecular flexibility index (Phi) is 6.78. The van der Waals surface area contributed by atoms with E-state index < -0.39 is 0 Å². The molecule has 0 saturated carbocycles. The number of carbonyl (C=O) groups excluding carboxylic acids is 1. The average Bonchev–Trinajstić information content (AvgIpc) is 3.17. The maximum atomic E-state index is 12.3. The molecule has 3 aromatic rings. The van der Waals surface area contributed by atoms with Gasteiger partial charge in [0.05, 0.1) is 20.8 Å². The molecule has 5 nitrogen and oxygen atoms in total. The van der Waals surface area contributed by atoms with E-state index in [2.05, 4.69) is 40.2 Å². The summed E-state index contributed by atoms with van der Waals surface area (Å²) in [5.74, 6) is -0.170. The van der Waals surface area contributed by atoms with Gasteiger partial charge in [-0.1, -0.05) is 47.5 Å². The summed E-state index contributed by atoms with van der Waals surface area (Å²) in [6.07, 6.45) is 1.04. The lowest BCUT2D eigenvalue weighted by Crippen LogP contribution is -2.48. The number of benzene rings is 2. The Bertz CT molecular complexity index is 1050. The van der Waals surface area contributed by atoms with Crippen molar-refractivity contribution in [3.8, 4) is 0 Å². The highest BCUT2D eigenvalue weighted by Gasteiger charge is 2.20. The van der Waals surface area contributed by atoms with Crippen LogP contribution in [-0.2, 0) is 6.42 Å². The Morgan fingerprint density at radius 2 is 1.93 bits per heavy atom. The molecule has 30 heavy (non-hydrogen) atoms. The SMILES string of the molecule is CCc1ccc2nc(N3CCN(CCNC(=O)c4ccc(Cl)cc4Cl)CC3)sc2c1. The summed E-state index contributed by atoms with van der Waals surface area (Å²) < 4.78 is 1.26. The Morgan fingerprint density at radius 3 is 2.67 bits per heavy atom. The number of anilines is 1. The zero-order chi connectivity index (χ0) is 21.1. The number of rotatable bonds is 6. The third-order valence-electron chi connectivity index (χ3n) is 5.38. The van der Waals surface area contributed by atoms with E-state index in [0.717, 1.165) is 49.8 Å². The molecule has 1 N–H and O–H groups in total. The van der Waals surface area contributed by atoms with Crippen LogP contribution in [-0.4, -0.2) is 55.1 Å². The van der Waals surface area contributed by atoms with E-state index in [4.69, 9.17) is 28.2 Å². The highest BCUT2D eigenvalue weighted by Crippen LogP contribution is 2.30. The van der Waals surface area contributed by atoms with Gasteiger partial charge in [-0.2, -0.15) is 0 Å². The minimum absolute atomic E-state index is 0.170. The summed E-state index contributed by atoms with van der Waals surface area (Å²) >= 11 is 13.8. The van der Waals surface area contributed by atoms with E-state index >= 15 is 0 Å².